The molecule has 2 fully saturated rings. The van der Waals surface area contributed by atoms with Crippen molar-refractivity contribution < 1.29 is 14.3 Å². The summed E-state index contributed by atoms with van der Waals surface area (Å²) in [6, 6.07) is 7.76. The quantitative estimate of drug-likeness (QED) is 0.857. The van der Waals surface area contributed by atoms with Crippen LogP contribution in [0.2, 0.25) is 0 Å². The highest BCUT2D eigenvalue weighted by Crippen LogP contribution is 2.38. The van der Waals surface area contributed by atoms with Gasteiger partial charge in [0.05, 0.1) is 25.6 Å². The number of hydrogen-bond donors (Lipinski definition) is 0. The van der Waals surface area contributed by atoms with Crippen LogP contribution < -0.4 is 4.74 Å². The smallest absolute Gasteiger partial charge is 0.222 e. The molecule has 0 aliphatic carbocycles. The number of ether oxygens (including phenoxy) is 2. The number of aromatic nitrogens is 2. The highest BCUT2D eigenvalue weighted by Gasteiger charge is 2.41. The molecule has 0 unspecified atom stereocenters. The van der Waals surface area contributed by atoms with E-state index in [1.165, 1.54) is 0 Å². The fourth-order valence-electron chi connectivity index (χ4n) is 3.77. The predicted octanol–water partition coefficient (Wildman–Crippen LogP) is 2.41. The summed E-state index contributed by atoms with van der Waals surface area (Å²) in [4.78, 5) is 14.3. The Morgan fingerprint density at radius 1 is 1.36 bits per heavy atom. The topological polar surface area (TPSA) is 56.6 Å². The van der Waals surface area contributed by atoms with Crippen LogP contribution in [0.25, 0.3) is 5.69 Å². The molecule has 1 aromatic carbocycles. The number of carbonyl (C=O) groups excluding carboxylic acids is 1. The van der Waals surface area contributed by atoms with Gasteiger partial charge >= 0.3 is 0 Å². The molecule has 0 bridgehead atoms. The van der Waals surface area contributed by atoms with Crippen LogP contribution in [0.1, 0.15) is 24.8 Å². The van der Waals surface area contributed by atoms with E-state index in [1.807, 2.05) is 46.2 Å². The van der Waals surface area contributed by atoms with Gasteiger partial charge in [-0.1, -0.05) is 6.07 Å². The Hall–Kier alpha value is -2.34. The molecule has 6 nitrogen and oxygen atoms in total. The molecule has 3 heterocycles. The summed E-state index contributed by atoms with van der Waals surface area (Å²) >= 11 is 0. The van der Waals surface area contributed by atoms with Crippen molar-refractivity contribution in [1.82, 2.24) is 14.7 Å². The lowest BCUT2D eigenvalue weighted by Crippen LogP contribution is -2.46. The number of nitrogens with zero attached hydrogens (tertiary/aromatic N) is 3. The molecular weight excluding hydrogens is 318 g/mol. The summed E-state index contributed by atoms with van der Waals surface area (Å²) in [7, 11) is 1.65. The van der Waals surface area contributed by atoms with E-state index >= 15 is 0 Å². The molecule has 0 radical (unpaired) electrons. The van der Waals surface area contributed by atoms with Crippen molar-refractivity contribution in [3.05, 3.63) is 42.2 Å². The standard InChI is InChI=1S/C19H23N3O3/c1-24-17-4-2-3-16(9-17)22-12-15(10-20-22)11-21-13-19(6-5-18(21)23)7-8-25-14-19/h2-4,9-10,12H,5-8,11,13-14H2,1H3/t19-/m1/s1. The zero-order chi connectivity index (χ0) is 17.3. The van der Waals surface area contributed by atoms with E-state index in [0.29, 0.717) is 13.0 Å². The summed E-state index contributed by atoms with van der Waals surface area (Å²) < 4.78 is 12.7. The Morgan fingerprint density at radius 2 is 2.28 bits per heavy atom. The molecular formula is C19H23N3O3. The summed E-state index contributed by atoms with van der Waals surface area (Å²) in [6.45, 7) is 2.98. The third-order valence-corrected chi connectivity index (χ3v) is 5.26. The molecule has 1 aromatic heterocycles. The van der Waals surface area contributed by atoms with Gasteiger partial charge in [-0.2, -0.15) is 5.10 Å². The highest BCUT2D eigenvalue weighted by molar-refractivity contribution is 5.77. The van der Waals surface area contributed by atoms with Crippen molar-refractivity contribution in [3.63, 3.8) is 0 Å². The van der Waals surface area contributed by atoms with Crippen molar-refractivity contribution in [3.8, 4) is 11.4 Å². The van der Waals surface area contributed by atoms with Crippen LogP contribution in [0.4, 0.5) is 0 Å². The van der Waals surface area contributed by atoms with E-state index in [0.717, 1.165) is 49.6 Å². The molecule has 0 saturated carbocycles. The van der Waals surface area contributed by atoms with Gasteiger partial charge in [0.1, 0.15) is 5.75 Å². The van der Waals surface area contributed by atoms with Crippen LogP contribution in [-0.4, -0.2) is 47.5 Å². The van der Waals surface area contributed by atoms with Gasteiger partial charge in [0, 0.05) is 49.4 Å². The first-order valence-corrected chi connectivity index (χ1v) is 8.71. The Kier molecular flexibility index (Phi) is 4.21. The third kappa shape index (κ3) is 3.26. The fraction of sp³-hybridized carbons (Fsp3) is 0.474. The lowest BCUT2D eigenvalue weighted by Gasteiger charge is -2.39. The molecule has 25 heavy (non-hydrogen) atoms. The number of carbonyl (C=O) groups is 1. The molecule has 2 saturated heterocycles. The van der Waals surface area contributed by atoms with E-state index in [9.17, 15) is 4.79 Å². The summed E-state index contributed by atoms with van der Waals surface area (Å²) in [5.41, 5.74) is 2.14. The number of amides is 1. The highest BCUT2D eigenvalue weighted by atomic mass is 16.5. The number of rotatable bonds is 4. The van der Waals surface area contributed by atoms with E-state index in [2.05, 4.69) is 5.10 Å². The minimum Gasteiger partial charge on any atom is -0.497 e. The van der Waals surface area contributed by atoms with Gasteiger partial charge in [-0.05, 0) is 25.0 Å². The normalized spacial score (nSPS) is 23.4. The summed E-state index contributed by atoms with van der Waals surface area (Å²) in [6.07, 6.45) is 6.44. The molecule has 1 spiro atoms. The van der Waals surface area contributed by atoms with Crippen molar-refractivity contribution in [2.75, 3.05) is 26.9 Å². The Balaban J connectivity index is 1.49. The first-order valence-electron chi connectivity index (χ1n) is 8.71. The number of piperidine rings is 1. The van der Waals surface area contributed by atoms with Crippen molar-refractivity contribution in [2.24, 2.45) is 5.41 Å². The van der Waals surface area contributed by atoms with Crippen LogP contribution in [0.15, 0.2) is 36.7 Å². The first kappa shape index (κ1) is 16.1. The first-order chi connectivity index (χ1) is 12.2. The molecule has 2 aliphatic heterocycles. The van der Waals surface area contributed by atoms with Crippen molar-refractivity contribution >= 4 is 5.91 Å². The van der Waals surface area contributed by atoms with Crippen molar-refractivity contribution in [1.29, 1.82) is 0 Å². The van der Waals surface area contributed by atoms with Crippen LogP contribution >= 0.6 is 0 Å². The third-order valence-electron chi connectivity index (χ3n) is 5.26. The zero-order valence-electron chi connectivity index (χ0n) is 14.5. The molecule has 0 N–H and O–H groups in total. The molecule has 2 aromatic rings. The number of hydrogen-bond acceptors (Lipinski definition) is 4. The number of likely N-dealkylation sites (tertiary alicyclic amines) is 1. The van der Waals surface area contributed by atoms with E-state index in [1.54, 1.807) is 7.11 Å². The largest absolute Gasteiger partial charge is 0.497 e. The molecule has 1 amide bonds. The predicted molar refractivity (Wildman–Crippen MR) is 92.6 cm³/mol. The van der Waals surface area contributed by atoms with Gasteiger partial charge in [0.25, 0.3) is 0 Å². The van der Waals surface area contributed by atoms with Gasteiger partial charge in [0.2, 0.25) is 5.91 Å². The van der Waals surface area contributed by atoms with Crippen LogP contribution in [0, 0.1) is 5.41 Å². The van der Waals surface area contributed by atoms with Gasteiger partial charge in [0.15, 0.2) is 0 Å². The minimum atomic E-state index is 0.163. The molecule has 6 heteroatoms. The maximum Gasteiger partial charge on any atom is 0.222 e. The van der Waals surface area contributed by atoms with Crippen LogP contribution in [0.5, 0.6) is 5.75 Å². The zero-order valence-corrected chi connectivity index (χ0v) is 14.5. The van der Waals surface area contributed by atoms with Crippen LogP contribution in [0.3, 0.4) is 0 Å². The lowest BCUT2D eigenvalue weighted by atomic mass is 9.79. The van der Waals surface area contributed by atoms with Gasteiger partial charge in [-0.15, -0.1) is 0 Å². The fourth-order valence-corrected chi connectivity index (χ4v) is 3.77. The Morgan fingerprint density at radius 3 is 3.08 bits per heavy atom. The Labute approximate surface area is 147 Å². The van der Waals surface area contributed by atoms with Crippen LogP contribution in [-0.2, 0) is 16.1 Å². The Bertz CT molecular complexity index is 765. The average molecular weight is 341 g/mol. The van der Waals surface area contributed by atoms with Crippen molar-refractivity contribution in [2.45, 2.75) is 25.8 Å². The second-order valence-corrected chi connectivity index (χ2v) is 7.05. The summed E-state index contributed by atoms with van der Waals surface area (Å²) in [5.74, 6) is 1.02. The second kappa shape index (κ2) is 6.52. The molecule has 4 rings (SSSR count). The van der Waals surface area contributed by atoms with E-state index in [-0.39, 0.29) is 11.3 Å². The number of benzene rings is 1. The SMILES string of the molecule is COc1cccc(-n2cc(CN3C[C@]4(CCOC4)CCC3=O)cn2)c1. The number of methoxy groups -OCH3 is 1. The maximum absolute atomic E-state index is 12.3. The second-order valence-electron chi connectivity index (χ2n) is 7.05. The van der Waals surface area contributed by atoms with E-state index < -0.39 is 0 Å². The maximum atomic E-state index is 12.3. The molecule has 2 aliphatic rings. The van der Waals surface area contributed by atoms with Gasteiger partial charge in [-0.25, -0.2) is 4.68 Å². The summed E-state index contributed by atoms with van der Waals surface area (Å²) in [5, 5.41) is 4.44. The monoisotopic (exact) mass is 341 g/mol. The molecule has 132 valence electrons. The van der Waals surface area contributed by atoms with Gasteiger partial charge in [-0.3, -0.25) is 4.79 Å². The average Bonchev–Trinajstić information content (AvgIpc) is 3.29. The molecule has 1 atom stereocenters. The lowest BCUT2D eigenvalue weighted by molar-refractivity contribution is -0.138. The van der Waals surface area contributed by atoms with Gasteiger partial charge < -0.3 is 14.4 Å². The minimum absolute atomic E-state index is 0.163. The van der Waals surface area contributed by atoms with E-state index in [4.69, 9.17) is 9.47 Å².